The number of aliphatic imine (C=N–C) groups is 2. The van der Waals surface area contributed by atoms with E-state index in [1.165, 1.54) is 42.4 Å². The molecule has 11 rings (SSSR count). The van der Waals surface area contributed by atoms with Gasteiger partial charge in [0, 0.05) is 36.5 Å². The number of rotatable bonds is 6. The van der Waals surface area contributed by atoms with E-state index in [-0.39, 0.29) is 6.17 Å². The van der Waals surface area contributed by atoms with Gasteiger partial charge >= 0.3 is 0 Å². The molecule has 0 bridgehead atoms. The molecule has 56 heavy (non-hydrogen) atoms. The van der Waals surface area contributed by atoms with Crippen LogP contribution in [-0.4, -0.2) is 11.7 Å². The van der Waals surface area contributed by atoms with Gasteiger partial charge in [-0.15, -0.1) is 11.3 Å². The summed E-state index contributed by atoms with van der Waals surface area (Å²) in [6.07, 6.45) is -0.338. The molecule has 0 fully saturated rings. The summed E-state index contributed by atoms with van der Waals surface area (Å²) in [7, 11) is 0. The SMILES string of the molecule is c1ccc(C2=NC(c3ccc(-c4ccccc4)cc3)NC(c3cccc4c3oc3ccc(-c5ccc(-c6ccccc6)c6sc7ccccc7c56)cc34)=N2)cc1. The Morgan fingerprint density at radius 3 is 1.91 bits per heavy atom. The highest BCUT2D eigenvalue weighted by atomic mass is 32.1. The first-order valence-corrected chi connectivity index (χ1v) is 19.7. The molecule has 1 unspecified atom stereocenters. The van der Waals surface area contributed by atoms with E-state index in [0.29, 0.717) is 5.84 Å². The van der Waals surface area contributed by atoms with Gasteiger partial charge in [0.2, 0.25) is 0 Å². The van der Waals surface area contributed by atoms with Gasteiger partial charge < -0.3 is 9.73 Å². The summed E-state index contributed by atoms with van der Waals surface area (Å²) in [6.45, 7) is 0. The zero-order valence-corrected chi connectivity index (χ0v) is 31.0. The van der Waals surface area contributed by atoms with Gasteiger partial charge in [0.05, 0.1) is 5.56 Å². The molecule has 2 aromatic heterocycles. The molecule has 0 saturated carbocycles. The zero-order chi connectivity index (χ0) is 37.0. The Morgan fingerprint density at radius 2 is 1.12 bits per heavy atom. The van der Waals surface area contributed by atoms with Crippen LogP contribution in [0, 0.1) is 0 Å². The lowest BCUT2D eigenvalue weighted by Crippen LogP contribution is -2.33. The molecule has 0 saturated heterocycles. The molecule has 264 valence electrons. The molecule has 3 heterocycles. The predicted octanol–water partition coefficient (Wildman–Crippen LogP) is 13.5. The second kappa shape index (κ2) is 13.3. The first-order chi connectivity index (χ1) is 27.7. The topological polar surface area (TPSA) is 49.9 Å². The van der Waals surface area contributed by atoms with E-state index in [1.807, 2.05) is 35.6 Å². The van der Waals surface area contributed by atoms with Gasteiger partial charge in [-0.2, -0.15) is 0 Å². The van der Waals surface area contributed by atoms with E-state index < -0.39 is 0 Å². The molecule has 1 aliphatic heterocycles. The lowest BCUT2D eigenvalue weighted by atomic mass is 9.94. The third-order valence-corrected chi connectivity index (χ3v) is 12.0. The van der Waals surface area contributed by atoms with Gasteiger partial charge in [-0.25, -0.2) is 9.98 Å². The minimum absolute atomic E-state index is 0.338. The third-order valence-electron chi connectivity index (χ3n) is 10.8. The Labute approximate surface area is 327 Å². The number of hydrogen-bond donors (Lipinski definition) is 1. The Hall–Kier alpha value is -7.08. The maximum atomic E-state index is 6.74. The standard InChI is InChI=1S/C51H33N3OS/c1-4-13-32(14-5-1)33-23-25-36(26-24-33)50-52-49(35-17-8-3-9-18-35)53-51(54-50)42-21-12-20-40-43-31-37(27-30-44(43)55-47(40)42)38-28-29-39(34-15-6-2-7-16-34)48-46(38)41-19-10-11-22-45(41)56-48/h1-31,50H,(H,52,53,54). The number of hydrogen-bond acceptors (Lipinski definition) is 5. The van der Waals surface area contributed by atoms with Crippen LogP contribution < -0.4 is 5.32 Å². The summed E-state index contributed by atoms with van der Waals surface area (Å²) in [6, 6.07) is 66.2. The van der Waals surface area contributed by atoms with Crippen molar-refractivity contribution in [1.29, 1.82) is 0 Å². The highest BCUT2D eigenvalue weighted by molar-refractivity contribution is 7.26. The van der Waals surface area contributed by atoms with Crippen molar-refractivity contribution < 1.29 is 4.42 Å². The first kappa shape index (κ1) is 32.4. The van der Waals surface area contributed by atoms with Crippen LogP contribution in [0.1, 0.15) is 22.9 Å². The molecular weight excluding hydrogens is 703 g/mol. The van der Waals surface area contributed by atoms with E-state index in [4.69, 9.17) is 14.4 Å². The van der Waals surface area contributed by atoms with Crippen molar-refractivity contribution in [2.75, 3.05) is 0 Å². The Balaban J connectivity index is 1.02. The van der Waals surface area contributed by atoms with Crippen molar-refractivity contribution >= 4 is 65.1 Å². The van der Waals surface area contributed by atoms with Gasteiger partial charge in [0.1, 0.15) is 23.2 Å². The lowest BCUT2D eigenvalue weighted by molar-refractivity contribution is 0.659. The van der Waals surface area contributed by atoms with Crippen molar-refractivity contribution in [3.05, 3.63) is 205 Å². The minimum Gasteiger partial charge on any atom is -0.455 e. The largest absolute Gasteiger partial charge is 0.455 e. The van der Waals surface area contributed by atoms with Gasteiger partial charge in [-0.3, -0.25) is 0 Å². The van der Waals surface area contributed by atoms with E-state index in [1.54, 1.807) is 0 Å². The molecule has 0 spiro atoms. The van der Waals surface area contributed by atoms with Crippen LogP contribution in [0.2, 0.25) is 0 Å². The average molecular weight is 736 g/mol. The summed E-state index contributed by atoms with van der Waals surface area (Å²) in [5.74, 6) is 1.40. The molecule has 1 N–H and O–H groups in total. The highest BCUT2D eigenvalue weighted by Crippen LogP contribution is 2.45. The molecule has 1 aliphatic rings. The Kier molecular flexibility index (Phi) is 7.71. The number of nitrogens with zero attached hydrogens (tertiary/aromatic N) is 2. The van der Waals surface area contributed by atoms with Crippen molar-refractivity contribution in [2.24, 2.45) is 9.98 Å². The van der Waals surface area contributed by atoms with Gasteiger partial charge in [0.25, 0.3) is 0 Å². The maximum absolute atomic E-state index is 6.74. The second-order valence-corrected chi connectivity index (χ2v) is 15.2. The number of furan rings is 1. The van der Waals surface area contributed by atoms with Crippen LogP contribution >= 0.6 is 11.3 Å². The van der Waals surface area contributed by atoms with Crippen LogP contribution in [0.15, 0.2) is 202 Å². The number of fused-ring (bicyclic) bond motifs is 6. The summed E-state index contributed by atoms with van der Waals surface area (Å²) in [5, 5.41) is 8.36. The Morgan fingerprint density at radius 1 is 0.482 bits per heavy atom. The fourth-order valence-electron chi connectivity index (χ4n) is 8.03. The van der Waals surface area contributed by atoms with E-state index >= 15 is 0 Å². The van der Waals surface area contributed by atoms with Gasteiger partial charge in [-0.05, 0) is 63.2 Å². The first-order valence-electron chi connectivity index (χ1n) is 18.8. The molecule has 0 radical (unpaired) electrons. The summed E-state index contributed by atoms with van der Waals surface area (Å²) in [4.78, 5) is 10.3. The number of benzene rings is 8. The summed E-state index contributed by atoms with van der Waals surface area (Å²) in [5.41, 5.74) is 11.8. The number of para-hydroxylation sites is 1. The molecular formula is C51H33N3OS. The van der Waals surface area contributed by atoms with Crippen molar-refractivity contribution in [1.82, 2.24) is 5.32 Å². The van der Waals surface area contributed by atoms with E-state index in [9.17, 15) is 0 Å². The third kappa shape index (κ3) is 5.52. The predicted molar refractivity (Wildman–Crippen MR) is 235 cm³/mol. The van der Waals surface area contributed by atoms with Crippen LogP contribution in [0.4, 0.5) is 0 Å². The van der Waals surface area contributed by atoms with Crippen LogP contribution in [0.25, 0.3) is 75.5 Å². The van der Waals surface area contributed by atoms with E-state index in [0.717, 1.165) is 55.6 Å². The lowest BCUT2D eigenvalue weighted by Gasteiger charge is -2.24. The van der Waals surface area contributed by atoms with Gasteiger partial charge in [0.15, 0.2) is 5.84 Å². The number of thiophene rings is 1. The molecule has 8 aromatic carbocycles. The Bertz CT molecular complexity index is 3140. The summed E-state index contributed by atoms with van der Waals surface area (Å²) >= 11 is 1.87. The fraction of sp³-hybridized carbons (Fsp3) is 0.0196. The molecule has 1 atom stereocenters. The zero-order valence-electron chi connectivity index (χ0n) is 30.2. The normalized spacial score (nSPS) is 14.2. The van der Waals surface area contributed by atoms with Gasteiger partial charge in [-0.1, -0.05) is 164 Å². The highest BCUT2D eigenvalue weighted by Gasteiger charge is 2.24. The maximum Gasteiger partial charge on any atom is 0.159 e. The second-order valence-electron chi connectivity index (χ2n) is 14.1. The fourth-order valence-corrected chi connectivity index (χ4v) is 9.29. The van der Waals surface area contributed by atoms with Crippen molar-refractivity contribution in [3.8, 4) is 33.4 Å². The van der Waals surface area contributed by atoms with Crippen LogP contribution in [-0.2, 0) is 0 Å². The molecule has 0 amide bonds. The number of amidine groups is 2. The smallest absolute Gasteiger partial charge is 0.159 e. The quantitative estimate of drug-likeness (QED) is 0.185. The molecule has 4 nitrogen and oxygen atoms in total. The van der Waals surface area contributed by atoms with E-state index in [2.05, 4.69) is 169 Å². The van der Waals surface area contributed by atoms with Crippen LogP contribution in [0.3, 0.4) is 0 Å². The average Bonchev–Trinajstić information content (AvgIpc) is 3.86. The van der Waals surface area contributed by atoms with Crippen molar-refractivity contribution in [3.63, 3.8) is 0 Å². The molecule has 5 heteroatoms. The van der Waals surface area contributed by atoms with Crippen LogP contribution in [0.5, 0.6) is 0 Å². The molecule has 0 aliphatic carbocycles. The monoisotopic (exact) mass is 735 g/mol. The van der Waals surface area contributed by atoms with Crippen molar-refractivity contribution in [2.45, 2.75) is 6.17 Å². The minimum atomic E-state index is -0.338. The summed E-state index contributed by atoms with van der Waals surface area (Å²) < 4.78 is 9.33. The number of nitrogens with one attached hydrogen (secondary N) is 1. The molecule has 10 aromatic rings.